The normalized spacial score (nSPS) is 10.9. The molecule has 7 heteroatoms. The Balaban J connectivity index is 1.67. The van der Waals surface area contributed by atoms with Gasteiger partial charge in [-0.15, -0.1) is 10.2 Å². The van der Waals surface area contributed by atoms with E-state index >= 15 is 0 Å². The van der Waals surface area contributed by atoms with Crippen molar-refractivity contribution in [1.82, 2.24) is 14.8 Å². The molecule has 0 saturated heterocycles. The van der Waals surface area contributed by atoms with Crippen LogP contribution in [-0.4, -0.2) is 26.4 Å². The number of carbonyl (C=O) groups excluding carboxylic acids is 1. The number of benzene rings is 1. The number of anilines is 1. The summed E-state index contributed by atoms with van der Waals surface area (Å²) in [5.41, 5.74) is 3.17. The van der Waals surface area contributed by atoms with E-state index in [4.69, 9.17) is 4.42 Å². The average Bonchev–Trinajstić information content (AvgIpc) is 3.26. The van der Waals surface area contributed by atoms with Crippen LogP contribution in [-0.2, 0) is 11.3 Å². The first-order chi connectivity index (χ1) is 12.6. The molecule has 0 spiro atoms. The molecule has 0 aliphatic carbocycles. The molecule has 0 atom stereocenters. The highest BCUT2D eigenvalue weighted by Crippen LogP contribution is 2.25. The first-order valence-electron chi connectivity index (χ1n) is 8.55. The smallest absolute Gasteiger partial charge is 0.234 e. The second-order valence-electron chi connectivity index (χ2n) is 6.07. The molecule has 0 fully saturated rings. The lowest BCUT2D eigenvalue weighted by Crippen LogP contribution is -2.15. The van der Waals surface area contributed by atoms with E-state index < -0.39 is 0 Å². The van der Waals surface area contributed by atoms with Crippen LogP contribution >= 0.6 is 11.8 Å². The van der Waals surface area contributed by atoms with Gasteiger partial charge < -0.3 is 9.73 Å². The first-order valence-corrected chi connectivity index (χ1v) is 9.54. The number of furan rings is 1. The van der Waals surface area contributed by atoms with Gasteiger partial charge in [-0.05, 0) is 55.7 Å². The molecule has 1 N–H and O–H groups in total. The summed E-state index contributed by atoms with van der Waals surface area (Å²) in [6.45, 7) is 6.94. The predicted molar refractivity (Wildman–Crippen MR) is 103 cm³/mol. The summed E-state index contributed by atoms with van der Waals surface area (Å²) >= 11 is 1.38. The van der Waals surface area contributed by atoms with Crippen LogP contribution in [0.4, 0.5) is 5.69 Å². The third-order valence-electron chi connectivity index (χ3n) is 4.03. The van der Waals surface area contributed by atoms with Crippen molar-refractivity contribution in [2.75, 3.05) is 11.1 Å². The maximum atomic E-state index is 12.3. The van der Waals surface area contributed by atoms with Gasteiger partial charge in [0.05, 0.1) is 12.0 Å². The van der Waals surface area contributed by atoms with Crippen molar-refractivity contribution in [3.63, 3.8) is 0 Å². The number of amides is 1. The van der Waals surface area contributed by atoms with E-state index in [1.54, 1.807) is 6.26 Å². The zero-order valence-corrected chi connectivity index (χ0v) is 16.0. The minimum atomic E-state index is -0.0659. The lowest BCUT2D eigenvalue weighted by molar-refractivity contribution is -0.113. The highest BCUT2D eigenvalue weighted by atomic mass is 32.2. The molecule has 2 aromatic heterocycles. The van der Waals surface area contributed by atoms with E-state index in [9.17, 15) is 4.79 Å². The van der Waals surface area contributed by atoms with Crippen LogP contribution in [0.25, 0.3) is 11.6 Å². The molecule has 0 bridgehead atoms. The molecule has 1 amide bonds. The van der Waals surface area contributed by atoms with Crippen LogP contribution in [0.15, 0.2) is 46.2 Å². The molecule has 0 aliphatic heterocycles. The van der Waals surface area contributed by atoms with E-state index in [-0.39, 0.29) is 11.7 Å². The maximum absolute atomic E-state index is 12.3. The van der Waals surface area contributed by atoms with Crippen LogP contribution in [0.5, 0.6) is 0 Å². The lowest BCUT2D eigenvalue weighted by Gasteiger charge is -2.09. The number of hydrogen-bond donors (Lipinski definition) is 1. The van der Waals surface area contributed by atoms with Crippen LogP contribution in [0.3, 0.4) is 0 Å². The second kappa shape index (κ2) is 8.23. The summed E-state index contributed by atoms with van der Waals surface area (Å²) in [7, 11) is 0. The average molecular weight is 370 g/mol. The molecule has 0 radical (unpaired) electrons. The first kappa shape index (κ1) is 18.3. The number of hydrogen-bond acceptors (Lipinski definition) is 5. The second-order valence-corrected chi connectivity index (χ2v) is 7.01. The van der Waals surface area contributed by atoms with E-state index in [1.807, 2.05) is 48.7 Å². The van der Waals surface area contributed by atoms with Gasteiger partial charge in [0.2, 0.25) is 5.91 Å². The molecular weight excluding hydrogens is 348 g/mol. The van der Waals surface area contributed by atoms with E-state index in [0.717, 1.165) is 24.2 Å². The van der Waals surface area contributed by atoms with E-state index in [0.29, 0.717) is 16.7 Å². The fourth-order valence-electron chi connectivity index (χ4n) is 2.56. The Morgan fingerprint density at radius 1 is 1.23 bits per heavy atom. The fraction of sp³-hybridized carbons (Fsp3) is 0.316. The molecule has 6 nitrogen and oxygen atoms in total. The summed E-state index contributed by atoms with van der Waals surface area (Å²) in [6, 6.07) is 9.58. The summed E-state index contributed by atoms with van der Waals surface area (Å²) in [6.07, 6.45) is 2.55. The molecule has 26 heavy (non-hydrogen) atoms. The molecule has 3 rings (SSSR count). The van der Waals surface area contributed by atoms with Gasteiger partial charge in [-0.25, -0.2) is 0 Å². The van der Waals surface area contributed by atoms with Crippen molar-refractivity contribution >= 4 is 23.4 Å². The van der Waals surface area contributed by atoms with Gasteiger partial charge in [-0.3, -0.25) is 9.36 Å². The Bertz CT molecular complexity index is 887. The van der Waals surface area contributed by atoms with Gasteiger partial charge in [-0.2, -0.15) is 0 Å². The zero-order chi connectivity index (χ0) is 18.5. The maximum Gasteiger partial charge on any atom is 0.234 e. The Morgan fingerprint density at radius 2 is 2.08 bits per heavy atom. The Hall–Kier alpha value is -2.54. The summed E-state index contributed by atoms with van der Waals surface area (Å²) in [5.74, 6) is 1.57. The lowest BCUT2D eigenvalue weighted by atomic mass is 10.1. The van der Waals surface area contributed by atoms with Crippen molar-refractivity contribution in [2.24, 2.45) is 0 Å². The molecule has 0 unspecified atom stereocenters. The Morgan fingerprint density at radius 3 is 2.77 bits per heavy atom. The largest absolute Gasteiger partial charge is 0.461 e. The Kier molecular flexibility index (Phi) is 5.78. The number of nitrogens with zero attached hydrogens (tertiary/aromatic N) is 3. The van der Waals surface area contributed by atoms with Crippen LogP contribution in [0.2, 0.25) is 0 Å². The van der Waals surface area contributed by atoms with Gasteiger partial charge >= 0.3 is 0 Å². The quantitative estimate of drug-likeness (QED) is 0.628. The molecule has 0 aliphatic rings. The van der Waals surface area contributed by atoms with Crippen molar-refractivity contribution in [1.29, 1.82) is 0 Å². The molecule has 1 aromatic carbocycles. The van der Waals surface area contributed by atoms with Gasteiger partial charge in [0, 0.05) is 12.2 Å². The zero-order valence-electron chi connectivity index (χ0n) is 15.2. The highest BCUT2D eigenvalue weighted by Gasteiger charge is 2.16. The van der Waals surface area contributed by atoms with Gasteiger partial charge in [0.25, 0.3) is 0 Å². The van der Waals surface area contributed by atoms with Crippen LogP contribution in [0.1, 0.15) is 24.5 Å². The molecule has 0 saturated carbocycles. The third kappa shape index (κ3) is 4.16. The van der Waals surface area contributed by atoms with Crippen molar-refractivity contribution in [2.45, 2.75) is 38.9 Å². The van der Waals surface area contributed by atoms with Crippen LogP contribution < -0.4 is 5.32 Å². The SMILES string of the molecule is CCCn1c(SCC(=O)Nc2ccc(C)c(C)c2)nnc1-c1ccco1. The number of aromatic nitrogens is 3. The summed E-state index contributed by atoms with van der Waals surface area (Å²) in [5, 5.41) is 12.1. The molecule has 136 valence electrons. The van der Waals surface area contributed by atoms with Crippen molar-refractivity contribution < 1.29 is 9.21 Å². The fourth-order valence-corrected chi connectivity index (χ4v) is 3.32. The number of nitrogens with one attached hydrogen (secondary N) is 1. The summed E-state index contributed by atoms with van der Waals surface area (Å²) < 4.78 is 7.43. The number of rotatable bonds is 7. The van der Waals surface area contributed by atoms with Gasteiger partial charge in [0.15, 0.2) is 16.7 Å². The van der Waals surface area contributed by atoms with Crippen molar-refractivity contribution in [3.8, 4) is 11.6 Å². The third-order valence-corrected chi connectivity index (χ3v) is 5.00. The highest BCUT2D eigenvalue weighted by molar-refractivity contribution is 7.99. The van der Waals surface area contributed by atoms with Gasteiger partial charge in [0.1, 0.15) is 0 Å². The van der Waals surface area contributed by atoms with E-state index in [2.05, 4.69) is 22.4 Å². The van der Waals surface area contributed by atoms with Crippen LogP contribution in [0, 0.1) is 13.8 Å². The molecule has 2 heterocycles. The van der Waals surface area contributed by atoms with Gasteiger partial charge in [-0.1, -0.05) is 24.8 Å². The molecule has 3 aromatic rings. The predicted octanol–water partition coefficient (Wildman–Crippen LogP) is 4.30. The number of carbonyl (C=O) groups is 1. The standard InChI is InChI=1S/C19H22N4O2S/c1-4-9-23-18(16-6-5-10-25-16)21-22-19(23)26-12-17(24)20-15-8-7-13(2)14(3)11-15/h5-8,10-11H,4,9,12H2,1-3H3,(H,20,24). The van der Waals surface area contributed by atoms with Crippen molar-refractivity contribution in [3.05, 3.63) is 47.7 Å². The Labute approximate surface area is 157 Å². The molecular formula is C19H22N4O2S. The summed E-state index contributed by atoms with van der Waals surface area (Å²) in [4.78, 5) is 12.3. The minimum absolute atomic E-state index is 0.0659. The monoisotopic (exact) mass is 370 g/mol. The number of aryl methyl sites for hydroxylation is 2. The minimum Gasteiger partial charge on any atom is -0.461 e. The van der Waals surface area contributed by atoms with E-state index in [1.165, 1.54) is 17.3 Å². The topological polar surface area (TPSA) is 73.0 Å². The number of thioether (sulfide) groups is 1.